The predicted molar refractivity (Wildman–Crippen MR) is 100 cm³/mol. The molecular weight excluding hydrogens is 368 g/mol. The molecule has 2 aromatic carbocycles. The van der Waals surface area contributed by atoms with Crippen LogP contribution < -0.4 is 5.14 Å². The van der Waals surface area contributed by atoms with Crippen molar-refractivity contribution in [3.8, 4) is 11.1 Å². The third kappa shape index (κ3) is 4.53. The van der Waals surface area contributed by atoms with Gasteiger partial charge >= 0.3 is 5.97 Å². The molecular formula is C19H20N2O5S. The number of carbonyl (C=O) groups excluding carboxylic acids is 1. The minimum Gasteiger partial charge on any atom is -0.407 e. The summed E-state index contributed by atoms with van der Waals surface area (Å²) < 4.78 is 28.1. The van der Waals surface area contributed by atoms with Crippen molar-refractivity contribution in [1.29, 1.82) is 0 Å². The molecule has 0 fully saturated rings. The van der Waals surface area contributed by atoms with Crippen molar-refractivity contribution in [2.75, 3.05) is 6.61 Å². The fraction of sp³-hybridized carbons (Fsp3) is 0.263. The van der Waals surface area contributed by atoms with Gasteiger partial charge in [-0.15, -0.1) is 0 Å². The first-order chi connectivity index (χ1) is 12.9. The van der Waals surface area contributed by atoms with Gasteiger partial charge in [0.1, 0.15) is 12.5 Å². The molecule has 0 aliphatic carbocycles. The van der Waals surface area contributed by atoms with Gasteiger partial charge in [-0.25, -0.2) is 13.6 Å². The number of carbonyl (C=O) groups is 1. The smallest absolute Gasteiger partial charge is 0.312 e. The Bertz CT molecular complexity index is 968. The Morgan fingerprint density at radius 3 is 2.63 bits per heavy atom. The second-order valence-corrected chi connectivity index (χ2v) is 7.76. The van der Waals surface area contributed by atoms with E-state index in [9.17, 15) is 13.2 Å². The first kappa shape index (κ1) is 19.1. The van der Waals surface area contributed by atoms with Crippen LogP contribution >= 0.6 is 0 Å². The number of nitrogens with zero attached hydrogens (tertiary/aromatic N) is 1. The summed E-state index contributed by atoms with van der Waals surface area (Å²) >= 11 is 0. The summed E-state index contributed by atoms with van der Waals surface area (Å²) in [7, 11) is -3.73. The zero-order chi connectivity index (χ0) is 19.4. The lowest BCUT2D eigenvalue weighted by Gasteiger charge is -2.12. The zero-order valence-corrected chi connectivity index (χ0v) is 15.6. The molecule has 0 bridgehead atoms. The van der Waals surface area contributed by atoms with E-state index >= 15 is 0 Å². The molecule has 1 unspecified atom stereocenters. The number of oxime groups is 1. The van der Waals surface area contributed by atoms with Crippen molar-refractivity contribution >= 4 is 21.9 Å². The lowest BCUT2D eigenvalue weighted by atomic mass is 9.95. The average molecular weight is 388 g/mol. The van der Waals surface area contributed by atoms with E-state index in [-0.39, 0.29) is 22.7 Å². The molecule has 8 heteroatoms. The second kappa shape index (κ2) is 7.89. The summed E-state index contributed by atoms with van der Waals surface area (Å²) in [6, 6.07) is 14.0. The maximum atomic E-state index is 11.8. The Morgan fingerprint density at radius 2 is 1.96 bits per heavy atom. The van der Waals surface area contributed by atoms with Crippen molar-refractivity contribution in [1.82, 2.24) is 0 Å². The maximum absolute atomic E-state index is 11.8. The monoisotopic (exact) mass is 388 g/mol. The summed E-state index contributed by atoms with van der Waals surface area (Å²) in [6.45, 7) is 2.19. The molecule has 1 heterocycles. The minimum absolute atomic E-state index is 0.0591. The number of hydrogen-bond acceptors (Lipinski definition) is 6. The van der Waals surface area contributed by atoms with E-state index in [4.69, 9.17) is 14.7 Å². The fourth-order valence-electron chi connectivity index (χ4n) is 2.78. The van der Waals surface area contributed by atoms with Gasteiger partial charge in [-0.05, 0) is 35.2 Å². The third-order valence-electron chi connectivity index (χ3n) is 4.17. The Hall–Kier alpha value is -2.71. The van der Waals surface area contributed by atoms with Gasteiger partial charge < -0.3 is 9.57 Å². The van der Waals surface area contributed by atoms with Gasteiger partial charge in [0.2, 0.25) is 15.9 Å². The van der Waals surface area contributed by atoms with E-state index in [1.54, 1.807) is 12.1 Å². The third-order valence-corrected chi connectivity index (χ3v) is 5.10. The van der Waals surface area contributed by atoms with Gasteiger partial charge in [0, 0.05) is 6.42 Å². The number of sulfonamides is 1. The van der Waals surface area contributed by atoms with Gasteiger partial charge in [0.05, 0.1) is 4.90 Å². The molecule has 1 atom stereocenters. The molecule has 0 spiro atoms. The van der Waals surface area contributed by atoms with Gasteiger partial charge in [-0.1, -0.05) is 48.5 Å². The SMILES string of the molecule is CCCC(=O)OC1=NOCC1c1cccc(-c2ccc(S(N)(=O)=O)cc2)c1. The number of nitrogens with two attached hydrogens (primary N) is 1. The average Bonchev–Trinajstić information content (AvgIpc) is 3.09. The van der Waals surface area contributed by atoms with Gasteiger partial charge in [-0.3, -0.25) is 4.79 Å². The molecule has 7 nitrogen and oxygen atoms in total. The minimum atomic E-state index is -3.73. The molecule has 0 radical (unpaired) electrons. The molecule has 0 saturated carbocycles. The normalized spacial score (nSPS) is 16.5. The van der Waals surface area contributed by atoms with E-state index in [0.717, 1.165) is 16.7 Å². The summed E-state index contributed by atoms with van der Waals surface area (Å²) in [5.41, 5.74) is 2.62. The molecule has 0 aromatic heterocycles. The highest BCUT2D eigenvalue weighted by Gasteiger charge is 2.29. The van der Waals surface area contributed by atoms with Crippen molar-refractivity contribution in [3.05, 3.63) is 54.1 Å². The molecule has 1 aliphatic heterocycles. The number of benzene rings is 2. The molecule has 0 saturated heterocycles. The Balaban J connectivity index is 1.83. The van der Waals surface area contributed by atoms with E-state index in [1.807, 2.05) is 31.2 Å². The number of esters is 1. The second-order valence-electron chi connectivity index (χ2n) is 6.20. The van der Waals surface area contributed by atoms with Crippen LogP contribution in [0, 0.1) is 0 Å². The topological polar surface area (TPSA) is 108 Å². The number of primary sulfonamides is 1. The molecule has 27 heavy (non-hydrogen) atoms. The van der Waals surface area contributed by atoms with Gasteiger partial charge in [-0.2, -0.15) is 0 Å². The molecule has 2 N–H and O–H groups in total. The molecule has 3 rings (SSSR count). The quantitative estimate of drug-likeness (QED) is 0.793. The molecule has 0 amide bonds. The van der Waals surface area contributed by atoms with Crippen molar-refractivity contribution in [3.63, 3.8) is 0 Å². The summed E-state index contributed by atoms with van der Waals surface area (Å²) in [5.74, 6) is -0.342. The molecule has 2 aromatic rings. The Morgan fingerprint density at radius 1 is 1.22 bits per heavy atom. The van der Waals surface area contributed by atoms with Crippen molar-refractivity contribution in [2.45, 2.75) is 30.6 Å². The van der Waals surface area contributed by atoms with Crippen LogP contribution in [0.2, 0.25) is 0 Å². The van der Waals surface area contributed by atoms with Crippen LogP contribution in [0.5, 0.6) is 0 Å². The van der Waals surface area contributed by atoms with Crippen molar-refractivity contribution < 1.29 is 22.8 Å². The van der Waals surface area contributed by atoms with Gasteiger partial charge in [0.15, 0.2) is 0 Å². The zero-order valence-electron chi connectivity index (χ0n) is 14.8. The van der Waals surface area contributed by atoms with Crippen LogP contribution in [-0.2, 0) is 24.4 Å². The lowest BCUT2D eigenvalue weighted by molar-refractivity contribution is -0.135. The van der Waals surface area contributed by atoms with Crippen LogP contribution in [0.25, 0.3) is 11.1 Å². The van der Waals surface area contributed by atoms with E-state index in [2.05, 4.69) is 5.16 Å². The highest BCUT2D eigenvalue weighted by Crippen LogP contribution is 2.29. The van der Waals surface area contributed by atoms with Crippen molar-refractivity contribution in [2.24, 2.45) is 10.3 Å². The number of ether oxygens (including phenoxy) is 1. The van der Waals surface area contributed by atoms with Crippen LogP contribution in [0.3, 0.4) is 0 Å². The van der Waals surface area contributed by atoms with Crippen LogP contribution in [-0.4, -0.2) is 26.9 Å². The van der Waals surface area contributed by atoms with Crippen LogP contribution in [0.1, 0.15) is 31.2 Å². The standard InChI is InChI=1S/C19H20N2O5S/c1-2-4-18(22)26-19-17(12-25-21-19)15-6-3-5-14(11-15)13-7-9-16(10-8-13)27(20,23)24/h3,5-11,17H,2,4,12H2,1H3,(H2,20,23,24). The highest BCUT2D eigenvalue weighted by molar-refractivity contribution is 7.89. The first-order valence-electron chi connectivity index (χ1n) is 8.52. The van der Waals surface area contributed by atoms with Crippen LogP contribution in [0.4, 0.5) is 0 Å². The van der Waals surface area contributed by atoms with Crippen LogP contribution in [0.15, 0.2) is 58.6 Å². The fourth-order valence-corrected chi connectivity index (χ4v) is 3.30. The van der Waals surface area contributed by atoms with E-state index < -0.39 is 10.0 Å². The Kier molecular flexibility index (Phi) is 5.57. The number of rotatable bonds is 5. The maximum Gasteiger partial charge on any atom is 0.312 e. The van der Waals surface area contributed by atoms with E-state index in [1.165, 1.54) is 12.1 Å². The number of hydrogen-bond donors (Lipinski definition) is 1. The Labute approximate surface area is 157 Å². The molecule has 1 aliphatic rings. The highest BCUT2D eigenvalue weighted by atomic mass is 32.2. The van der Waals surface area contributed by atoms with Gasteiger partial charge in [0.25, 0.3) is 0 Å². The first-order valence-corrected chi connectivity index (χ1v) is 10.1. The lowest BCUT2D eigenvalue weighted by Crippen LogP contribution is -2.18. The van der Waals surface area contributed by atoms with E-state index in [0.29, 0.717) is 19.4 Å². The summed E-state index contributed by atoms with van der Waals surface area (Å²) in [5, 5.41) is 8.98. The molecule has 142 valence electrons. The summed E-state index contributed by atoms with van der Waals surface area (Å²) in [4.78, 5) is 17.0. The summed E-state index contributed by atoms with van der Waals surface area (Å²) in [6.07, 6.45) is 1.02. The largest absolute Gasteiger partial charge is 0.407 e. The predicted octanol–water partition coefficient (Wildman–Crippen LogP) is 2.77.